The van der Waals surface area contributed by atoms with Gasteiger partial charge < -0.3 is 10.5 Å². The van der Waals surface area contributed by atoms with Gasteiger partial charge in [0, 0.05) is 12.4 Å². The quantitative estimate of drug-likeness (QED) is 0.895. The van der Waals surface area contributed by atoms with Crippen molar-refractivity contribution in [1.29, 1.82) is 0 Å². The SMILES string of the molecule is COc1nccnc1C(N)Cc1cccc(F)c1. The average molecular weight is 247 g/mol. The number of nitrogens with zero attached hydrogens (tertiary/aromatic N) is 2. The van der Waals surface area contributed by atoms with Gasteiger partial charge in [-0.15, -0.1) is 0 Å². The molecule has 0 amide bonds. The predicted molar refractivity (Wildman–Crippen MR) is 65.6 cm³/mol. The van der Waals surface area contributed by atoms with Gasteiger partial charge in [0.1, 0.15) is 11.5 Å². The Morgan fingerprint density at radius 3 is 2.83 bits per heavy atom. The number of methoxy groups -OCH3 is 1. The largest absolute Gasteiger partial charge is 0.480 e. The van der Waals surface area contributed by atoms with Gasteiger partial charge in [0.15, 0.2) is 0 Å². The van der Waals surface area contributed by atoms with Crippen LogP contribution in [0.3, 0.4) is 0 Å². The van der Waals surface area contributed by atoms with E-state index in [0.717, 1.165) is 5.56 Å². The maximum absolute atomic E-state index is 13.1. The highest BCUT2D eigenvalue weighted by molar-refractivity contribution is 5.25. The molecule has 0 aliphatic heterocycles. The van der Waals surface area contributed by atoms with Crippen LogP contribution in [-0.4, -0.2) is 17.1 Å². The second-order valence-electron chi connectivity index (χ2n) is 3.89. The van der Waals surface area contributed by atoms with Gasteiger partial charge in [0.05, 0.1) is 13.2 Å². The molecule has 2 N–H and O–H groups in total. The first kappa shape index (κ1) is 12.4. The van der Waals surface area contributed by atoms with E-state index in [1.54, 1.807) is 12.3 Å². The summed E-state index contributed by atoms with van der Waals surface area (Å²) in [6.45, 7) is 0. The van der Waals surface area contributed by atoms with E-state index < -0.39 is 0 Å². The zero-order chi connectivity index (χ0) is 13.0. The maximum atomic E-state index is 13.1. The lowest BCUT2D eigenvalue weighted by atomic mass is 10.0. The summed E-state index contributed by atoms with van der Waals surface area (Å²) in [4.78, 5) is 8.20. The molecule has 2 aromatic rings. The second-order valence-corrected chi connectivity index (χ2v) is 3.89. The van der Waals surface area contributed by atoms with E-state index in [1.165, 1.54) is 25.4 Å². The average Bonchev–Trinajstić information content (AvgIpc) is 2.38. The molecule has 0 fully saturated rings. The highest BCUT2D eigenvalue weighted by atomic mass is 19.1. The van der Waals surface area contributed by atoms with Crippen molar-refractivity contribution in [2.75, 3.05) is 7.11 Å². The topological polar surface area (TPSA) is 61.0 Å². The van der Waals surface area contributed by atoms with E-state index in [4.69, 9.17) is 10.5 Å². The van der Waals surface area contributed by atoms with Crippen LogP contribution in [-0.2, 0) is 6.42 Å². The molecule has 0 bridgehead atoms. The van der Waals surface area contributed by atoms with E-state index in [9.17, 15) is 4.39 Å². The lowest BCUT2D eigenvalue weighted by Crippen LogP contribution is -2.16. The van der Waals surface area contributed by atoms with Gasteiger partial charge in [-0.05, 0) is 24.1 Å². The Hall–Kier alpha value is -2.01. The maximum Gasteiger partial charge on any atom is 0.236 e. The molecular formula is C13H14FN3O. The normalized spacial score (nSPS) is 12.2. The number of hydrogen-bond donors (Lipinski definition) is 1. The fourth-order valence-corrected chi connectivity index (χ4v) is 1.76. The van der Waals surface area contributed by atoms with Crippen molar-refractivity contribution in [1.82, 2.24) is 9.97 Å². The van der Waals surface area contributed by atoms with Gasteiger partial charge in [0.2, 0.25) is 5.88 Å². The number of halogens is 1. The highest BCUT2D eigenvalue weighted by Gasteiger charge is 2.15. The van der Waals surface area contributed by atoms with Crippen molar-refractivity contribution < 1.29 is 9.13 Å². The van der Waals surface area contributed by atoms with Crippen molar-refractivity contribution in [3.63, 3.8) is 0 Å². The van der Waals surface area contributed by atoms with Crippen molar-refractivity contribution in [3.05, 3.63) is 53.7 Å². The van der Waals surface area contributed by atoms with Crippen LogP contribution in [0.4, 0.5) is 4.39 Å². The molecule has 0 radical (unpaired) electrons. The van der Waals surface area contributed by atoms with Crippen molar-refractivity contribution in [3.8, 4) is 5.88 Å². The second kappa shape index (κ2) is 5.55. The summed E-state index contributed by atoms with van der Waals surface area (Å²) in [5.41, 5.74) is 7.44. The number of ether oxygens (including phenoxy) is 1. The van der Waals surface area contributed by atoms with Gasteiger partial charge in [-0.25, -0.2) is 9.37 Å². The predicted octanol–water partition coefficient (Wildman–Crippen LogP) is 1.87. The zero-order valence-corrected chi connectivity index (χ0v) is 10.0. The fraction of sp³-hybridized carbons (Fsp3) is 0.231. The van der Waals surface area contributed by atoms with Crippen LogP contribution in [0.25, 0.3) is 0 Å². The third kappa shape index (κ3) is 2.81. The molecule has 2 rings (SSSR count). The summed E-state index contributed by atoms with van der Waals surface area (Å²) in [5, 5.41) is 0. The number of benzene rings is 1. The molecule has 0 aliphatic rings. The highest BCUT2D eigenvalue weighted by Crippen LogP contribution is 2.21. The summed E-state index contributed by atoms with van der Waals surface area (Å²) in [6.07, 6.45) is 3.58. The van der Waals surface area contributed by atoms with Crippen LogP contribution >= 0.6 is 0 Å². The van der Waals surface area contributed by atoms with Crippen molar-refractivity contribution in [2.24, 2.45) is 5.73 Å². The molecule has 0 spiro atoms. The van der Waals surface area contributed by atoms with Gasteiger partial charge in [0.25, 0.3) is 0 Å². The molecule has 1 aromatic heterocycles. The number of rotatable bonds is 4. The van der Waals surface area contributed by atoms with Crippen molar-refractivity contribution in [2.45, 2.75) is 12.5 Å². The lowest BCUT2D eigenvalue weighted by molar-refractivity contribution is 0.384. The number of hydrogen-bond acceptors (Lipinski definition) is 4. The Kier molecular flexibility index (Phi) is 3.84. The molecule has 1 unspecified atom stereocenters. The van der Waals surface area contributed by atoms with Gasteiger partial charge >= 0.3 is 0 Å². The molecule has 1 heterocycles. The Morgan fingerprint density at radius 2 is 2.11 bits per heavy atom. The first-order valence-electron chi connectivity index (χ1n) is 5.55. The minimum atomic E-state index is -0.379. The van der Waals surface area contributed by atoms with E-state index in [2.05, 4.69) is 9.97 Å². The minimum Gasteiger partial charge on any atom is -0.480 e. The molecular weight excluding hydrogens is 233 g/mol. The molecule has 94 valence electrons. The Balaban J connectivity index is 2.19. The molecule has 1 aromatic carbocycles. The molecule has 5 heteroatoms. The van der Waals surface area contributed by atoms with E-state index in [1.807, 2.05) is 6.07 Å². The Labute approximate surface area is 105 Å². The molecule has 4 nitrogen and oxygen atoms in total. The summed E-state index contributed by atoms with van der Waals surface area (Å²) in [6, 6.07) is 5.97. The summed E-state index contributed by atoms with van der Waals surface area (Å²) < 4.78 is 18.2. The van der Waals surface area contributed by atoms with E-state index in [0.29, 0.717) is 18.0 Å². The molecule has 0 aliphatic carbocycles. The first-order valence-corrected chi connectivity index (χ1v) is 5.55. The van der Waals surface area contributed by atoms with Crippen LogP contribution in [0.1, 0.15) is 17.3 Å². The first-order chi connectivity index (χ1) is 8.70. The minimum absolute atomic E-state index is 0.272. The summed E-state index contributed by atoms with van der Waals surface area (Å²) >= 11 is 0. The van der Waals surface area contributed by atoms with Crippen LogP contribution in [0.5, 0.6) is 5.88 Å². The molecule has 0 saturated heterocycles. The lowest BCUT2D eigenvalue weighted by Gasteiger charge is -2.13. The Morgan fingerprint density at radius 1 is 1.33 bits per heavy atom. The van der Waals surface area contributed by atoms with Gasteiger partial charge in [-0.1, -0.05) is 12.1 Å². The Bertz CT molecular complexity index is 533. The van der Waals surface area contributed by atoms with E-state index in [-0.39, 0.29) is 11.9 Å². The van der Waals surface area contributed by atoms with Crippen LogP contribution < -0.4 is 10.5 Å². The third-order valence-electron chi connectivity index (χ3n) is 2.58. The van der Waals surface area contributed by atoms with Crippen LogP contribution in [0, 0.1) is 5.82 Å². The molecule has 1 atom stereocenters. The number of aromatic nitrogens is 2. The number of nitrogens with two attached hydrogens (primary N) is 1. The summed E-state index contributed by atoms with van der Waals surface area (Å²) in [5.74, 6) is 0.132. The monoisotopic (exact) mass is 247 g/mol. The standard InChI is InChI=1S/C13H14FN3O/c1-18-13-12(16-5-6-17-13)11(15)8-9-3-2-4-10(14)7-9/h2-7,11H,8,15H2,1H3. The fourth-order valence-electron chi connectivity index (χ4n) is 1.76. The van der Waals surface area contributed by atoms with E-state index >= 15 is 0 Å². The molecule has 0 saturated carbocycles. The van der Waals surface area contributed by atoms with Gasteiger partial charge in [-0.3, -0.25) is 4.98 Å². The third-order valence-corrected chi connectivity index (χ3v) is 2.58. The van der Waals surface area contributed by atoms with Gasteiger partial charge in [-0.2, -0.15) is 0 Å². The summed E-state index contributed by atoms with van der Waals surface area (Å²) in [7, 11) is 1.52. The van der Waals surface area contributed by atoms with Crippen LogP contribution in [0.15, 0.2) is 36.7 Å². The van der Waals surface area contributed by atoms with Crippen molar-refractivity contribution >= 4 is 0 Å². The van der Waals surface area contributed by atoms with Crippen LogP contribution in [0.2, 0.25) is 0 Å². The smallest absolute Gasteiger partial charge is 0.236 e. The molecule has 18 heavy (non-hydrogen) atoms. The zero-order valence-electron chi connectivity index (χ0n) is 10.0.